The van der Waals surface area contributed by atoms with Crippen molar-refractivity contribution in [1.29, 1.82) is 0 Å². The van der Waals surface area contributed by atoms with Gasteiger partial charge in [-0.15, -0.1) is 0 Å². The monoisotopic (exact) mass is 439 g/mol. The second-order valence-electron chi connectivity index (χ2n) is 7.25. The Morgan fingerprint density at radius 3 is 2.22 bits per heavy atom. The van der Waals surface area contributed by atoms with Crippen LogP contribution in [0.1, 0.15) is 30.5 Å². The molecule has 0 aliphatic carbocycles. The quantitative estimate of drug-likeness (QED) is 0.396. The Kier molecular flexibility index (Phi) is 6.47. The Labute approximate surface area is 182 Å². The van der Waals surface area contributed by atoms with E-state index < -0.39 is 21.8 Å². The topological polar surface area (TPSA) is 142 Å². The van der Waals surface area contributed by atoms with Crippen molar-refractivity contribution in [3.8, 4) is 11.5 Å². The van der Waals surface area contributed by atoms with Gasteiger partial charge in [-0.1, -0.05) is 13.0 Å². The summed E-state index contributed by atoms with van der Waals surface area (Å²) in [6.07, 6.45) is 2.51. The summed E-state index contributed by atoms with van der Waals surface area (Å²) >= 11 is 0. The third kappa shape index (κ3) is 5.25. The molecular weight excluding hydrogens is 418 g/mol. The summed E-state index contributed by atoms with van der Waals surface area (Å²) in [6.45, 7) is 5.53. The zero-order valence-corrected chi connectivity index (χ0v) is 17.6. The molecule has 0 bridgehead atoms. The fraction of sp³-hybridized carbons (Fsp3) is 0.238. The van der Waals surface area contributed by atoms with Crippen molar-refractivity contribution < 1.29 is 19.4 Å². The molecule has 32 heavy (non-hydrogen) atoms. The minimum absolute atomic E-state index is 0.156. The van der Waals surface area contributed by atoms with Gasteiger partial charge in [0.1, 0.15) is 29.9 Å². The van der Waals surface area contributed by atoms with Gasteiger partial charge in [0, 0.05) is 12.1 Å². The normalized spacial score (nSPS) is 11.6. The van der Waals surface area contributed by atoms with Gasteiger partial charge in [0.15, 0.2) is 0 Å². The van der Waals surface area contributed by atoms with E-state index in [2.05, 4.69) is 10.4 Å². The average molecular weight is 439 g/mol. The highest BCUT2D eigenvalue weighted by atomic mass is 16.6. The number of carbonyl (C=O) groups excluding carboxylic acids is 1. The first kappa shape index (κ1) is 22.4. The lowest BCUT2D eigenvalue weighted by Gasteiger charge is -2.16. The smallest absolute Gasteiger partial charge is 0.307 e. The van der Waals surface area contributed by atoms with E-state index in [1.807, 2.05) is 19.9 Å². The van der Waals surface area contributed by atoms with E-state index in [0.717, 1.165) is 23.5 Å². The molecule has 0 aliphatic heterocycles. The molecule has 0 saturated heterocycles. The van der Waals surface area contributed by atoms with Crippen molar-refractivity contribution in [2.75, 3.05) is 5.32 Å². The van der Waals surface area contributed by atoms with E-state index in [0.29, 0.717) is 12.2 Å². The lowest BCUT2D eigenvalue weighted by molar-refractivity contribution is -0.385. The van der Waals surface area contributed by atoms with Crippen LogP contribution in [0, 0.1) is 34.1 Å². The third-order valence-corrected chi connectivity index (χ3v) is 4.61. The first-order valence-corrected chi connectivity index (χ1v) is 9.71. The van der Waals surface area contributed by atoms with Crippen molar-refractivity contribution in [3.05, 3.63) is 80.1 Å². The molecule has 166 valence electrons. The second kappa shape index (κ2) is 9.25. The summed E-state index contributed by atoms with van der Waals surface area (Å²) in [6, 6.07) is 8.67. The number of carbonyl (C=O) groups is 1. The largest absolute Gasteiger partial charge is 0.457 e. The van der Waals surface area contributed by atoms with Crippen LogP contribution in [0.4, 0.5) is 17.1 Å². The van der Waals surface area contributed by atoms with Crippen molar-refractivity contribution in [3.63, 3.8) is 0 Å². The highest BCUT2D eigenvalue weighted by molar-refractivity contribution is 5.94. The summed E-state index contributed by atoms with van der Waals surface area (Å²) in [7, 11) is 0. The number of nitro benzene ring substituents is 1. The lowest BCUT2D eigenvalue weighted by atomic mass is 10.1. The number of ether oxygens (including phenoxy) is 1. The third-order valence-electron chi connectivity index (χ3n) is 4.61. The van der Waals surface area contributed by atoms with Gasteiger partial charge in [-0.3, -0.25) is 29.7 Å². The minimum atomic E-state index is -0.841. The molecule has 11 nitrogen and oxygen atoms in total. The molecule has 1 heterocycles. The number of nitrogens with one attached hydrogen (secondary N) is 1. The van der Waals surface area contributed by atoms with E-state index in [1.54, 1.807) is 19.1 Å². The minimum Gasteiger partial charge on any atom is -0.457 e. The van der Waals surface area contributed by atoms with Gasteiger partial charge >= 0.3 is 5.69 Å². The molecule has 1 amide bonds. The van der Waals surface area contributed by atoms with Crippen LogP contribution in [0.3, 0.4) is 0 Å². The SMILES string of the molecule is CCC(C(=O)Nc1cc(Oc2cc(C)cc(C)c2)cc([N+](=O)[O-])c1)n1cc([N+](=O)[O-])cn1. The second-order valence-corrected chi connectivity index (χ2v) is 7.25. The molecule has 0 fully saturated rings. The van der Waals surface area contributed by atoms with Crippen molar-refractivity contribution in [1.82, 2.24) is 9.78 Å². The predicted octanol–water partition coefficient (Wildman–Crippen LogP) is 4.70. The van der Waals surface area contributed by atoms with Gasteiger partial charge in [0.2, 0.25) is 5.91 Å². The van der Waals surface area contributed by atoms with E-state index in [-0.39, 0.29) is 22.8 Å². The standard InChI is InChI=1S/C21H21N5O6/c1-4-20(24-12-17(11-22-24)26(30)31)21(27)23-15-8-16(25(28)29)10-19(9-15)32-18-6-13(2)5-14(3)7-18/h5-12,20H,4H2,1-3H3,(H,23,27). The number of nitro groups is 2. The molecule has 1 atom stereocenters. The molecule has 1 aromatic heterocycles. The van der Waals surface area contributed by atoms with Gasteiger partial charge in [0.05, 0.1) is 21.6 Å². The van der Waals surface area contributed by atoms with Crippen molar-refractivity contribution >= 4 is 23.0 Å². The summed E-state index contributed by atoms with van der Waals surface area (Å²) < 4.78 is 7.00. The Morgan fingerprint density at radius 1 is 1.03 bits per heavy atom. The van der Waals surface area contributed by atoms with Crippen LogP contribution in [-0.2, 0) is 4.79 Å². The Morgan fingerprint density at radius 2 is 1.66 bits per heavy atom. The van der Waals surface area contributed by atoms with Crippen molar-refractivity contribution in [2.45, 2.75) is 33.2 Å². The Bertz CT molecular complexity index is 1170. The number of aromatic nitrogens is 2. The fourth-order valence-electron chi connectivity index (χ4n) is 3.26. The predicted molar refractivity (Wildman–Crippen MR) is 116 cm³/mol. The zero-order valence-electron chi connectivity index (χ0n) is 17.6. The lowest BCUT2D eigenvalue weighted by Crippen LogP contribution is -2.26. The molecule has 0 radical (unpaired) electrons. The molecule has 11 heteroatoms. The molecular formula is C21H21N5O6. The van der Waals surface area contributed by atoms with Crippen LogP contribution in [-0.4, -0.2) is 25.5 Å². The number of nitrogens with zero attached hydrogens (tertiary/aromatic N) is 4. The molecule has 1 unspecified atom stereocenters. The highest BCUT2D eigenvalue weighted by Gasteiger charge is 2.23. The summed E-state index contributed by atoms with van der Waals surface area (Å²) in [5.74, 6) is 0.168. The summed E-state index contributed by atoms with van der Waals surface area (Å²) in [5, 5.41) is 28.8. The number of amides is 1. The summed E-state index contributed by atoms with van der Waals surface area (Å²) in [5.41, 5.74) is 1.60. The maximum atomic E-state index is 12.8. The number of hydrogen-bond donors (Lipinski definition) is 1. The van der Waals surface area contributed by atoms with E-state index in [4.69, 9.17) is 4.74 Å². The fourth-order valence-corrected chi connectivity index (χ4v) is 3.26. The molecule has 3 rings (SSSR count). The molecule has 2 aromatic carbocycles. The van der Waals surface area contributed by atoms with E-state index in [1.165, 1.54) is 22.9 Å². The van der Waals surface area contributed by atoms with Gasteiger partial charge in [-0.25, -0.2) is 0 Å². The van der Waals surface area contributed by atoms with Gasteiger partial charge in [0.25, 0.3) is 5.69 Å². The Balaban J connectivity index is 1.87. The van der Waals surface area contributed by atoms with Crippen LogP contribution in [0.5, 0.6) is 11.5 Å². The van der Waals surface area contributed by atoms with E-state index >= 15 is 0 Å². The van der Waals surface area contributed by atoms with Crippen LogP contribution in [0.25, 0.3) is 0 Å². The maximum absolute atomic E-state index is 12.8. The Hall–Kier alpha value is -4.28. The van der Waals surface area contributed by atoms with Gasteiger partial charge < -0.3 is 10.1 Å². The average Bonchev–Trinajstić information content (AvgIpc) is 3.17. The number of rotatable bonds is 8. The first-order chi connectivity index (χ1) is 15.2. The number of non-ortho nitro benzene ring substituents is 1. The first-order valence-electron chi connectivity index (χ1n) is 9.71. The molecule has 0 aliphatic rings. The van der Waals surface area contributed by atoms with Crippen LogP contribution in [0.2, 0.25) is 0 Å². The summed E-state index contributed by atoms with van der Waals surface area (Å²) in [4.78, 5) is 33.9. The number of benzene rings is 2. The van der Waals surface area contributed by atoms with Crippen LogP contribution in [0.15, 0.2) is 48.8 Å². The molecule has 3 aromatic rings. The number of anilines is 1. The van der Waals surface area contributed by atoms with Crippen LogP contribution < -0.4 is 10.1 Å². The zero-order chi connectivity index (χ0) is 23.4. The van der Waals surface area contributed by atoms with Crippen LogP contribution >= 0.6 is 0 Å². The van der Waals surface area contributed by atoms with Gasteiger partial charge in [-0.05, 0) is 43.5 Å². The van der Waals surface area contributed by atoms with Crippen molar-refractivity contribution in [2.24, 2.45) is 0 Å². The number of hydrogen-bond acceptors (Lipinski definition) is 7. The molecule has 0 spiro atoms. The molecule has 1 N–H and O–H groups in total. The van der Waals surface area contributed by atoms with E-state index in [9.17, 15) is 25.0 Å². The van der Waals surface area contributed by atoms with Gasteiger partial charge in [-0.2, -0.15) is 5.10 Å². The molecule has 0 saturated carbocycles. The highest BCUT2D eigenvalue weighted by Crippen LogP contribution is 2.31. The number of aryl methyl sites for hydroxylation is 2. The maximum Gasteiger partial charge on any atom is 0.307 e.